The monoisotopic (exact) mass is 422 g/mol. The number of hydrogen-bond donors (Lipinski definition) is 2. The molecule has 2 N–H and O–H groups in total. The van der Waals surface area contributed by atoms with Crippen molar-refractivity contribution >= 4 is 34.0 Å². The van der Waals surface area contributed by atoms with E-state index in [9.17, 15) is 10.2 Å². The van der Waals surface area contributed by atoms with Gasteiger partial charge in [-0.1, -0.05) is 73.5 Å². The highest BCUT2D eigenvalue weighted by atomic mass is 16.3. The lowest BCUT2D eigenvalue weighted by atomic mass is 9.91. The van der Waals surface area contributed by atoms with Crippen molar-refractivity contribution < 1.29 is 10.2 Å². The fourth-order valence-electron chi connectivity index (χ4n) is 4.62. The predicted molar refractivity (Wildman–Crippen MR) is 132 cm³/mol. The summed E-state index contributed by atoms with van der Waals surface area (Å²) in [5.41, 5.74) is 1.51. The van der Waals surface area contributed by atoms with E-state index < -0.39 is 0 Å². The minimum Gasteiger partial charge on any atom is -0.507 e. The van der Waals surface area contributed by atoms with Crippen molar-refractivity contribution in [1.29, 1.82) is 0 Å². The fraction of sp³-hybridized carbons (Fsp3) is 0.214. The van der Waals surface area contributed by atoms with Crippen molar-refractivity contribution in [2.45, 2.75) is 37.8 Å². The van der Waals surface area contributed by atoms with Crippen LogP contribution in [-0.4, -0.2) is 34.7 Å². The highest BCUT2D eigenvalue weighted by molar-refractivity contribution is 6.03. The molecule has 1 aliphatic carbocycles. The summed E-state index contributed by atoms with van der Waals surface area (Å²) in [5.74, 6) is 0.480. The van der Waals surface area contributed by atoms with Gasteiger partial charge in [0.15, 0.2) is 0 Å². The molecular formula is C28H26N2O2. The average Bonchev–Trinajstić information content (AvgIpc) is 2.83. The number of rotatable bonds is 4. The Labute approximate surface area is 187 Å². The summed E-state index contributed by atoms with van der Waals surface area (Å²) < 4.78 is 0. The van der Waals surface area contributed by atoms with E-state index >= 15 is 0 Å². The summed E-state index contributed by atoms with van der Waals surface area (Å²) in [5, 5.41) is 25.0. The van der Waals surface area contributed by atoms with Gasteiger partial charge >= 0.3 is 0 Å². The molecule has 4 nitrogen and oxygen atoms in total. The topological polar surface area (TPSA) is 65.2 Å². The Morgan fingerprint density at radius 2 is 1.03 bits per heavy atom. The molecule has 4 aromatic carbocycles. The Balaban J connectivity index is 1.45. The summed E-state index contributed by atoms with van der Waals surface area (Å²) in [6.07, 6.45) is 7.79. The Bertz CT molecular complexity index is 1220. The molecule has 32 heavy (non-hydrogen) atoms. The van der Waals surface area contributed by atoms with Gasteiger partial charge in [0.05, 0.1) is 12.1 Å². The molecule has 4 aromatic rings. The molecule has 0 spiro atoms. The van der Waals surface area contributed by atoms with Crippen LogP contribution < -0.4 is 0 Å². The highest BCUT2D eigenvalue weighted by Crippen LogP contribution is 2.29. The van der Waals surface area contributed by atoms with Crippen LogP contribution in [0.3, 0.4) is 0 Å². The van der Waals surface area contributed by atoms with Crippen LogP contribution in [0.5, 0.6) is 11.5 Å². The van der Waals surface area contributed by atoms with Crippen molar-refractivity contribution in [1.82, 2.24) is 0 Å². The fourth-order valence-corrected chi connectivity index (χ4v) is 4.62. The molecule has 0 unspecified atom stereocenters. The predicted octanol–water partition coefficient (Wildman–Crippen LogP) is 6.25. The first kappa shape index (κ1) is 20.3. The van der Waals surface area contributed by atoms with E-state index in [0.29, 0.717) is 0 Å². The highest BCUT2D eigenvalue weighted by Gasteiger charge is 2.23. The third-order valence-electron chi connectivity index (χ3n) is 6.38. The van der Waals surface area contributed by atoms with Crippen LogP contribution in [0.25, 0.3) is 21.5 Å². The SMILES string of the molecule is Oc1ccc2ccccc2c1C=N[C@H]1CCCC[C@@H]1N=Cc1c(O)ccc2ccccc12. The lowest BCUT2D eigenvalue weighted by molar-refractivity contribution is 0.390. The van der Waals surface area contributed by atoms with Crippen molar-refractivity contribution in [3.63, 3.8) is 0 Å². The number of phenolic OH excluding ortho intramolecular Hbond substituents is 2. The molecule has 0 amide bonds. The summed E-state index contributed by atoms with van der Waals surface area (Å²) >= 11 is 0. The molecule has 160 valence electrons. The summed E-state index contributed by atoms with van der Waals surface area (Å²) in [7, 11) is 0. The van der Waals surface area contributed by atoms with Crippen molar-refractivity contribution in [2.24, 2.45) is 9.98 Å². The zero-order chi connectivity index (χ0) is 21.9. The lowest BCUT2D eigenvalue weighted by Crippen LogP contribution is -2.27. The molecule has 0 bridgehead atoms. The molecule has 0 heterocycles. The maximum Gasteiger partial charge on any atom is 0.124 e. The molecule has 1 saturated carbocycles. The zero-order valence-corrected chi connectivity index (χ0v) is 17.9. The minimum atomic E-state index is 0.0514. The largest absolute Gasteiger partial charge is 0.507 e. The number of hydrogen-bond acceptors (Lipinski definition) is 4. The Kier molecular flexibility index (Phi) is 5.59. The van der Waals surface area contributed by atoms with Gasteiger partial charge < -0.3 is 10.2 Å². The van der Waals surface area contributed by atoms with Crippen LogP contribution in [0.4, 0.5) is 0 Å². The molecule has 1 aliphatic rings. The molecule has 0 aliphatic heterocycles. The maximum absolute atomic E-state index is 10.4. The van der Waals surface area contributed by atoms with Crippen LogP contribution in [0.2, 0.25) is 0 Å². The van der Waals surface area contributed by atoms with Crippen molar-refractivity contribution in [3.8, 4) is 11.5 Å². The van der Waals surface area contributed by atoms with Gasteiger partial charge in [0, 0.05) is 23.6 Å². The average molecular weight is 423 g/mol. The van der Waals surface area contributed by atoms with Gasteiger partial charge in [-0.2, -0.15) is 0 Å². The number of nitrogens with zero attached hydrogens (tertiary/aromatic N) is 2. The molecular weight excluding hydrogens is 396 g/mol. The lowest BCUT2D eigenvalue weighted by Gasteiger charge is -2.25. The van der Waals surface area contributed by atoms with Gasteiger partial charge in [0.2, 0.25) is 0 Å². The van der Waals surface area contributed by atoms with E-state index in [1.165, 1.54) is 0 Å². The van der Waals surface area contributed by atoms with E-state index in [2.05, 4.69) is 0 Å². The van der Waals surface area contributed by atoms with Crippen LogP contribution in [0.1, 0.15) is 36.8 Å². The molecule has 0 saturated heterocycles. The minimum absolute atomic E-state index is 0.0514. The third kappa shape index (κ3) is 3.96. The number of aromatic hydroxyl groups is 2. The second-order valence-electron chi connectivity index (χ2n) is 8.41. The van der Waals surface area contributed by atoms with E-state index in [4.69, 9.17) is 9.98 Å². The van der Waals surface area contributed by atoms with Crippen LogP contribution >= 0.6 is 0 Å². The van der Waals surface area contributed by atoms with Gasteiger partial charge in [-0.3, -0.25) is 9.98 Å². The van der Waals surface area contributed by atoms with Crippen molar-refractivity contribution in [2.75, 3.05) is 0 Å². The molecule has 4 heteroatoms. The first-order valence-corrected chi connectivity index (χ1v) is 11.2. The van der Waals surface area contributed by atoms with Crippen LogP contribution in [-0.2, 0) is 0 Å². The molecule has 2 atom stereocenters. The standard InChI is InChI=1S/C28H26N2O2/c31-27-15-13-19-7-1-3-9-21(19)23(27)17-29-25-11-5-6-12-26(25)30-18-24-22-10-4-2-8-20(22)14-16-28(24)32/h1-4,7-10,13-18,25-26,31-32H,5-6,11-12H2/t25-,26-/m0/s1. The number of benzene rings is 4. The Hall–Kier alpha value is -3.66. The summed E-state index contributed by atoms with van der Waals surface area (Å²) in [4.78, 5) is 9.76. The Morgan fingerprint density at radius 1 is 0.594 bits per heavy atom. The van der Waals surface area contributed by atoms with E-state index in [-0.39, 0.29) is 23.6 Å². The van der Waals surface area contributed by atoms with Crippen molar-refractivity contribution in [3.05, 3.63) is 83.9 Å². The molecule has 0 aromatic heterocycles. The zero-order valence-electron chi connectivity index (χ0n) is 17.9. The quantitative estimate of drug-likeness (QED) is 0.382. The molecule has 5 rings (SSSR count). The third-order valence-corrected chi connectivity index (χ3v) is 6.38. The van der Waals surface area contributed by atoms with Crippen LogP contribution in [0, 0.1) is 0 Å². The first-order chi connectivity index (χ1) is 15.7. The first-order valence-electron chi connectivity index (χ1n) is 11.2. The smallest absolute Gasteiger partial charge is 0.124 e. The van der Waals surface area contributed by atoms with E-state index in [1.807, 2.05) is 73.1 Å². The van der Waals surface area contributed by atoms with Gasteiger partial charge in [0.25, 0.3) is 0 Å². The molecule has 0 radical (unpaired) electrons. The van der Waals surface area contributed by atoms with Gasteiger partial charge in [0.1, 0.15) is 11.5 Å². The second kappa shape index (κ2) is 8.83. The molecule has 1 fully saturated rings. The van der Waals surface area contributed by atoms with E-state index in [0.717, 1.165) is 58.4 Å². The van der Waals surface area contributed by atoms with Gasteiger partial charge in [-0.25, -0.2) is 0 Å². The number of phenols is 2. The Morgan fingerprint density at radius 3 is 1.50 bits per heavy atom. The second-order valence-corrected chi connectivity index (χ2v) is 8.41. The summed E-state index contributed by atoms with van der Waals surface area (Å²) in [6, 6.07) is 23.4. The number of aliphatic imine (C=N–C) groups is 2. The van der Waals surface area contributed by atoms with Gasteiger partial charge in [-0.15, -0.1) is 0 Å². The normalized spacial score (nSPS) is 19.4. The van der Waals surface area contributed by atoms with Crippen LogP contribution in [0.15, 0.2) is 82.8 Å². The van der Waals surface area contributed by atoms with Gasteiger partial charge in [-0.05, 0) is 46.5 Å². The van der Waals surface area contributed by atoms with E-state index in [1.54, 1.807) is 12.1 Å². The maximum atomic E-state index is 10.4. The summed E-state index contributed by atoms with van der Waals surface area (Å²) in [6.45, 7) is 0. The number of fused-ring (bicyclic) bond motifs is 2.